The van der Waals surface area contributed by atoms with Crippen LogP contribution >= 0.6 is 0 Å². The van der Waals surface area contributed by atoms with Gasteiger partial charge in [-0.25, -0.2) is 4.98 Å². The van der Waals surface area contributed by atoms with E-state index in [1.54, 1.807) is 13.2 Å². The highest BCUT2D eigenvalue weighted by molar-refractivity contribution is 5.92. The third-order valence-corrected chi connectivity index (χ3v) is 4.54. The molecule has 1 aromatic heterocycles. The molecule has 0 saturated heterocycles. The summed E-state index contributed by atoms with van der Waals surface area (Å²) in [4.78, 5) is 29.0. The molecule has 2 N–H and O–H groups in total. The van der Waals surface area contributed by atoms with E-state index in [-0.39, 0.29) is 18.4 Å². The molecule has 0 atom stereocenters. The fourth-order valence-corrected chi connectivity index (χ4v) is 3.17. The monoisotopic (exact) mass is 394 g/mol. The number of amides is 2. The van der Waals surface area contributed by atoms with Crippen LogP contribution in [0.4, 0.5) is 5.69 Å². The second-order valence-electron chi connectivity index (χ2n) is 6.73. The first-order chi connectivity index (χ1) is 14.1. The Labute approximate surface area is 170 Å². The number of carbonyl (C=O) groups excluding carboxylic acids is 2. The molecule has 1 heterocycles. The maximum Gasteiger partial charge on any atom is 0.244 e. The summed E-state index contributed by atoms with van der Waals surface area (Å²) in [7, 11) is 1.59. The minimum atomic E-state index is -0.155. The fourth-order valence-electron chi connectivity index (χ4n) is 3.17. The molecule has 0 aliphatic heterocycles. The normalized spacial score (nSPS) is 10.7. The zero-order chi connectivity index (χ0) is 20.6. The second kappa shape index (κ2) is 9.73. The van der Waals surface area contributed by atoms with Gasteiger partial charge in [-0.2, -0.15) is 0 Å². The van der Waals surface area contributed by atoms with Gasteiger partial charge in [-0.1, -0.05) is 25.1 Å². The van der Waals surface area contributed by atoms with Gasteiger partial charge in [0.15, 0.2) is 0 Å². The maximum atomic E-state index is 12.7. The van der Waals surface area contributed by atoms with E-state index in [9.17, 15) is 9.59 Å². The van der Waals surface area contributed by atoms with E-state index in [1.165, 1.54) is 0 Å². The molecule has 29 heavy (non-hydrogen) atoms. The van der Waals surface area contributed by atoms with E-state index in [0.29, 0.717) is 30.8 Å². The van der Waals surface area contributed by atoms with Gasteiger partial charge in [0.2, 0.25) is 11.8 Å². The lowest BCUT2D eigenvalue weighted by molar-refractivity contribution is -0.121. The number of benzene rings is 2. The van der Waals surface area contributed by atoms with Crippen LogP contribution in [0.25, 0.3) is 11.0 Å². The number of hydrogen-bond acceptors (Lipinski definition) is 4. The zero-order valence-electron chi connectivity index (χ0n) is 16.8. The lowest BCUT2D eigenvalue weighted by atomic mass is 10.3. The van der Waals surface area contributed by atoms with Crippen molar-refractivity contribution < 1.29 is 14.3 Å². The summed E-state index contributed by atoms with van der Waals surface area (Å²) >= 11 is 0. The molecule has 3 aromatic rings. The van der Waals surface area contributed by atoms with Crippen molar-refractivity contribution in [2.75, 3.05) is 19.0 Å². The van der Waals surface area contributed by atoms with E-state index >= 15 is 0 Å². The number of nitrogens with zero attached hydrogens (tertiary/aromatic N) is 2. The summed E-state index contributed by atoms with van der Waals surface area (Å²) in [5.41, 5.74) is 2.40. The fraction of sp³-hybridized carbons (Fsp3) is 0.318. The van der Waals surface area contributed by atoms with Crippen molar-refractivity contribution in [3.05, 3.63) is 54.4 Å². The van der Waals surface area contributed by atoms with Gasteiger partial charge in [0.1, 0.15) is 18.1 Å². The average molecular weight is 394 g/mol. The van der Waals surface area contributed by atoms with Crippen LogP contribution in [0.2, 0.25) is 0 Å². The number of ether oxygens (including phenoxy) is 1. The van der Waals surface area contributed by atoms with E-state index in [4.69, 9.17) is 4.74 Å². The topological polar surface area (TPSA) is 85.2 Å². The summed E-state index contributed by atoms with van der Waals surface area (Å²) in [6.45, 7) is 2.59. The van der Waals surface area contributed by atoms with Crippen molar-refractivity contribution in [3.63, 3.8) is 0 Å². The number of imidazole rings is 1. The van der Waals surface area contributed by atoms with E-state index in [1.807, 2.05) is 54.0 Å². The molecule has 7 nitrogen and oxygen atoms in total. The number of anilines is 1. The number of para-hydroxylation sites is 2. The molecule has 152 valence electrons. The Bertz CT molecular complexity index is 997. The number of methoxy groups -OCH3 is 1. The lowest BCUT2D eigenvalue weighted by Crippen LogP contribution is -2.27. The first kappa shape index (κ1) is 20.4. The van der Waals surface area contributed by atoms with Crippen molar-refractivity contribution in [1.82, 2.24) is 14.9 Å². The molecule has 0 bridgehead atoms. The summed E-state index contributed by atoms with van der Waals surface area (Å²) < 4.78 is 7.10. The number of hydrogen-bond donors (Lipinski definition) is 2. The molecule has 0 aliphatic carbocycles. The third kappa shape index (κ3) is 5.34. The standard InChI is InChI=1S/C22H26N4O3/c1-3-7-21(27)23-13-12-20-25-18-10-4-5-11-19(18)26(20)15-22(28)24-16-8-6-9-17(14-16)29-2/h4-6,8-11,14H,3,7,12-13,15H2,1-2H3,(H,23,27)(H,24,28). The van der Waals surface area contributed by atoms with Gasteiger partial charge in [0.25, 0.3) is 0 Å². The highest BCUT2D eigenvalue weighted by atomic mass is 16.5. The Morgan fingerprint density at radius 2 is 1.93 bits per heavy atom. The molecule has 2 aromatic carbocycles. The second-order valence-corrected chi connectivity index (χ2v) is 6.73. The molecular formula is C22H26N4O3. The molecule has 7 heteroatoms. The molecule has 0 fully saturated rings. The van der Waals surface area contributed by atoms with Gasteiger partial charge < -0.3 is 19.9 Å². The predicted octanol–water partition coefficient (Wildman–Crippen LogP) is 3.14. The van der Waals surface area contributed by atoms with Crippen molar-refractivity contribution in [3.8, 4) is 5.75 Å². The molecule has 0 radical (unpaired) electrons. The third-order valence-electron chi connectivity index (χ3n) is 4.54. The van der Waals surface area contributed by atoms with Gasteiger partial charge >= 0.3 is 0 Å². The summed E-state index contributed by atoms with van der Waals surface area (Å²) in [6.07, 6.45) is 1.88. The first-order valence-corrected chi connectivity index (χ1v) is 9.75. The quantitative estimate of drug-likeness (QED) is 0.584. The first-order valence-electron chi connectivity index (χ1n) is 9.75. The summed E-state index contributed by atoms with van der Waals surface area (Å²) in [6, 6.07) is 14.9. The van der Waals surface area contributed by atoms with Crippen molar-refractivity contribution in [2.45, 2.75) is 32.7 Å². The van der Waals surface area contributed by atoms with E-state index < -0.39 is 0 Å². The van der Waals surface area contributed by atoms with Crippen LogP contribution in [-0.4, -0.2) is 35.0 Å². The molecule has 3 rings (SSSR count). The Morgan fingerprint density at radius 1 is 1.10 bits per heavy atom. The Morgan fingerprint density at radius 3 is 2.72 bits per heavy atom. The predicted molar refractivity (Wildman–Crippen MR) is 113 cm³/mol. The Kier molecular flexibility index (Phi) is 6.84. The number of rotatable bonds is 9. The highest BCUT2D eigenvalue weighted by Crippen LogP contribution is 2.19. The lowest BCUT2D eigenvalue weighted by Gasteiger charge is -2.11. The summed E-state index contributed by atoms with van der Waals surface area (Å²) in [5.74, 6) is 1.33. The minimum Gasteiger partial charge on any atom is -0.497 e. The minimum absolute atomic E-state index is 0.0333. The molecular weight excluding hydrogens is 368 g/mol. The van der Waals surface area contributed by atoms with Gasteiger partial charge in [-0.3, -0.25) is 9.59 Å². The number of aromatic nitrogens is 2. The van der Waals surface area contributed by atoms with Crippen molar-refractivity contribution >= 4 is 28.5 Å². The van der Waals surface area contributed by atoms with Crippen LogP contribution in [0.3, 0.4) is 0 Å². The molecule has 2 amide bonds. The molecule has 0 aliphatic rings. The van der Waals surface area contributed by atoms with E-state index in [0.717, 1.165) is 23.3 Å². The van der Waals surface area contributed by atoms with Crippen LogP contribution < -0.4 is 15.4 Å². The summed E-state index contributed by atoms with van der Waals surface area (Å²) in [5, 5.41) is 5.80. The number of carbonyl (C=O) groups is 2. The SMILES string of the molecule is CCCC(=O)NCCc1nc2ccccc2n1CC(=O)Nc1cccc(OC)c1. The maximum absolute atomic E-state index is 12.7. The average Bonchev–Trinajstić information content (AvgIpc) is 3.05. The highest BCUT2D eigenvalue weighted by Gasteiger charge is 2.14. The van der Waals surface area contributed by atoms with Crippen LogP contribution in [0, 0.1) is 0 Å². The van der Waals surface area contributed by atoms with Gasteiger partial charge in [-0.05, 0) is 30.7 Å². The zero-order valence-corrected chi connectivity index (χ0v) is 16.8. The van der Waals surface area contributed by atoms with Crippen molar-refractivity contribution in [1.29, 1.82) is 0 Å². The van der Waals surface area contributed by atoms with Crippen molar-refractivity contribution in [2.24, 2.45) is 0 Å². The molecule has 0 unspecified atom stereocenters. The van der Waals surface area contributed by atoms with Crippen LogP contribution in [0.15, 0.2) is 48.5 Å². The Balaban J connectivity index is 1.74. The number of nitrogens with one attached hydrogen (secondary N) is 2. The molecule has 0 spiro atoms. The van der Waals surface area contributed by atoms with Crippen LogP contribution in [0.1, 0.15) is 25.6 Å². The van der Waals surface area contributed by atoms with Gasteiger partial charge in [0.05, 0.1) is 18.1 Å². The van der Waals surface area contributed by atoms with E-state index in [2.05, 4.69) is 15.6 Å². The Hall–Kier alpha value is -3.35. The van der Waals surface area contributed by atoms with Crippen LogP contribution in [0.5, 0.6) is 5.75 Å². The van der Waals surface area contributed by atoms with Crippen LogP contribution in [-0.2, 0) is 22.6 Å². The number of fused-ring (bicyclic) bond motifs is 1. The largest absolute Gasteiger partial charge is 0.497 e. The van der Waals surface area contributed by atoms with Gasteiger partial charge in [-0.15, -0.1) is 0 Å². The smallest absolute Gasteiger partial charge is 0.244 e. The van der Waals surface area contributed by atoms with Gasteiger partial charge in [0, 0.05) is 31.1 Å². The molecule has 0 saturated carbocycles.